The molecule has 1 amide bonds. The van der Waals surface area contributed by atoms with E-state index >= 15 is 0 Å². The fraction of sp³-hybridized carbons (Fsp3) is 0.500. The van der Waals surface area contributed by atoms with Crippen LogP contribution in [0.15, 0.2) is 30.6 Å². The minimum atomic E-state index is -0.0944. The van der Waals surface area contributed by atoms with Crippen molar-refractivity contribution in [2.45, 2.75) is 37.8 Å². The maximum absolute atomic E-state index is 14.0. The second kappa shape index (κ2) is 6.83. The molecule has 0 spiro atoms. The molecule has 2 aliphatic rings. The zero-order valence-electron chi connectivity index (χ0n) is 15.3. The lowest BCUT2D eigenvalue weighted by atomic mass is 9.85. The summed E-state index contributed by atoms with van der Waals surface area (Å²) >= 11 is 0. The number of amides is 1. The van der Waals surface area contributed by atoms with Gasteiger partial charge in [0.2, 0.25) is 5.91 Å². The van der Waals surface area contributed by atoms with E-state index in [4.69, 9.17) is 0 Å². The molecule has 1 aromatic carbocycles. The van der Waals surface area contributed by atoms with Crippen LogP contribution in [0, 0.1) is 11.7 Å². The number of carbonyl (C=O) groups is 1. The Labute approximate surface area is 153 Å². The van der Waals surface area contributed by atoms with Crippen LogP contribution in [0.5, 0.6) is 0 Å². The van der Waals surface area contributed by atoms with E-state index < -0.39 is 0 Å². The normalized spacial score (nSPS) is 25.6. The predicted molar refractivity (Wildman–Crippen MR) is 96.9 cm³/mol. The van der Waals surface area contributed by atoms with Gasteiger partial charge in [0.15, 0.2) is 0 Å². The van der Waals surface area contributed by atoms with E-state index in [0.717, 1.165) is 42.5 Å². The summed E-state index contributed by atoms with van der Waals surface area (Å²) in [4.78, 5) is 14.1. The Morgan fingerprint density at radius 1 is 1.27 bits per heavy atom. The molecule has 26 heavy (non-hydrogen) atoms. The summed E-state index contributed by atoms with van der Waals surface area (Å²) in [5.74, 6) is 0.408. The quantitative estimate of drug-likeness (QED) is 0.916. The zero-order chi connectivity index (χ0) is 18.3. The van der Waals surface area contributed by atoms with Gasteiger partial charge < -0.3 is 10.2 Å². The van der Waals surface area contributed by atoms with Crippen LogP contribution < -0.4 is 5.32 Å². The van der Waals surface area contributed by atoms with Gasteiger partial charge >= 0.3 is 0 Å². The third kappa shape index (κ3) is 3.03. The van der Waals surface area contributed by atoms with Crippen LogP contribution in [0.2, 0.25) is 0 Å². The molecule has 1 unspecified atom stereocenters. The molecule has 0 bridgehead atoms. The number of rotatable bonds is 4. The molecule has 1 aliphatic carbocycles. The van der Waals surface area contributed by atoms with Gasteiger partial charge in [-0.25, -0.2) is 4.39 Å². The van der Waals surface area contributed by atoms with Crippen molar-refractivity contribution in [2.24, 2.45) is 13.0 Å². The second-order valence-corrected chi connectivity index (χ2v) is 7.50. The molecule has 138 valence electrons. The monoisotopic (exact) mass is 356 g/mol. The first-order chi connectivity index (χ1) is 12.5. The number of nitrogens with one attached hydrogen (secondary N) is 1. The van der Waals surface area contributed by atoms with E-state index in [2.05, 4.69) is 10.4 Å². The SMILES string of the molecule is CN1C(=O)CC[C@H](CNC2CCc3c(F)cccc32)[C@H]1c1cnn(C)c1. The third-order valence-corrected chi connectivity index (χ3v) is 5.89. The number of halogens is 1. The fourth-order valence-electron chi connectivity index (χ4n) is 4.53. The van der Waals surface area contributed by atoms with Gasteiger partial charge in [-0.15, -0.1) is 0 Å². The van der Waals surface area contributed by atoms with Crippen molar-refractivity contribution in [1.82, 2.24) is 20.0 Å². The topological polar surface area (TPSA) is 50.2 Å². The van der Waals surface area contributed by atoms with E-state index in [9.17, 15) is 9.18 Å². The van der Waals surface area contributed by atoms with Crippen LogP contribution in [0.4, 0.5) is 4.39 Å². The lowest BCUT2D eigenvalue weighted by Gasteiger charge is -2.39. The third-order valence-electron chi connectivity index (χ3n) is 5.89. The van der Waals surface area contributed by atoms with Crippen LogP contribution >= 0.6 is 0 Å². The van der Waals surface area contributed by atoms with E-state index in [1.807, 2.05) is 37.5 Å². The van der Waals surface area contributed by atoms with Crippen LogP contribution in [-0.4, -0.2) is 34.2 Å². The molecule has 2 heterocycles. The van der Waals surface area contributed by atoms with Gasteiger partial charge in [0.05, 0.1) is 12.2 Å². The highest BCUT2D eigenvalue weighted by atomic mass is 19.1. The molecule has 0 radical (unpaired) electrons. The predicted octanol–water partition coefficient (Wildman–Crippen LogP) is 2.75. The van der Waals surface area contributed by atoms with Gasteiger partial charge in [-0.05, 0) is 42.4 Å². The van der Waals surface area contributed by atoms with Crippen molar-refractivity contribution in [2.75, 3.05) is 13.6 Å². The van der Waals surface area contributed by atoms with Crippen LogP contribution in [0.1, 0.15) is 48.0 Å². The van der Waals surface area contributed by atoms with Gasteiger partial charge in [-0.2, -0.15) is 5.10 Å². The standard InChI is InChI=1S/C20H25FN4O/c1-24-12-14(11-23-24)20-13(6-9-19(26)25(20)2)10-22-18-8-7-15-16(18)4-3-5-17(15)21/h3-5,11-13,18,20,22H,6-10H2,1-2H3/t13-,18?,20+/m1/s1. The highest BCUT2D eigenvalue weighted by Gasteiger charge is 2.36. The van der Waals surface area contributed by atoms with Gasteiger partial charge in [-0.3, -0.25) is 9.48 Å². The Morgan fingerprint density at radius 2 is 2.12 bits per heavy atom. The van der Waals surface area contributed by atoms with Gasteiger partial charge in [-0.1, -0.05) is 12.1 Å². The Kier molecular flexibility index (Phi) is 4.53. The average Bonchev–Trinajstić information content (AvgIpc) is 3.23. The minimum absolute atomic E-state index is 0.0332. The van der Waals surface area contributed by atoms with E-state index in [0.29, 0.717) is 12.3 Å². The number of benzene rings is 1. The number of likely N-dealkylation sites (tertiary alicyclic amines) is 1. The average molecular weight is 356 g/mol. The Balaban J connectivity index is 1.50. The molecule has 1 fully saturated rings. The second-order valence-electron chi connectivity index (χ2n) is 7.50. The summed E-state index contributed by atoms with van der Waals surface area (Å²) in [5, 5.41) is 7.92. The van der Waals surface area contributed by atoms with E-state index in [-0.39, 0.29) is 23.8 Å². The number of nitrogens with zero attached hydrogens (tertiary/aromatic N) is 3. The van der Waals surface area contributed by atoms with Crippen molar-refractivity contribution >= 4 is 5.91 Å². The Morgan fingerprint density at radius 3 is 2.88 bits per heavy atom. The van der Waals surface area contributed by atoms with Crippen LogP contribution in [0.25, 0.3) is 0 Å². The highest BCUT2D eigenvalue weighted by molar-refractivity contribution is 5.77. The molecular formula is C20H25FN4O. The molecule has 4 rings (SSSR count). The highest BCUT2D eigenvalue weighted by Crippen LogP contribution is 2.37. The zero-order valence-corrected chi connectivity index (χ0v) is 15.3. The summed E-state index contributed by atoms with van der Waals surface area (Å²) in [6.45, 7) is 0.803. The summed E-state index contributed by atoms with van der Waals surface area (Å²) in [6, 6.07) is 5.59. The minimum Gasteiger partial charge on any atom is -0.338 e. The number of fused-ring (bicyclic) bond motifs is 1. The molecule has 1 aromatic heterocycles. The van der Waals surface area contributed by atoms with Crippen LogP contribution in [-0.2, 0) is 18.3 Å². The summed E-state index contributed by atoms with van der Waals surface area (Å²) in [7, 11) is 3.78. The lowest BCUT2D eigenvalue weighted by Crippen LogP contribution is -2.43. The van der Waals surface area contributed by atoms with Crippen molar-refractivity contribution in [3.8, 4) is 0 Å². The van der Waals surface area contributed by atoms with Crippen molar-refractivity contribution in [3.63, 3.8) is 0 Å². The molecular weight excluding hydrogens is 331 g/mol. The van der Waals surface area contributed by atoms with Crippen molar-refractivity contribution < 1.29 is 9.18 Å². The summed E-state index contributed by atoms with van der Waals surface area (Å²) in [6.07, 6.45) is 7.00. The van der Waals surface area contributed by atoms with Gasteiger partial charge in [0.1, 0.15) is 5.82 Å². The first-order valence-corrected chi connectivity index (χ1v) is 9.29. The Bertz CT molecular complexity index is 818. The van der Waals surface area contributed by atoms with Crippen molar-refractivity contribution in [1.29, 1.82) is 0 Å². The van der Waals surface area contributed by atoms with Gasteiger partial charge in [0, 0.05) is 44.9 Å². The van der Waals surface area contributed by atoms with Crippen molar-refractivity contribution in [3.05, 3.63) is 53.1 Å². The first-order valence-electron chi connectivity index (χ1n) is 9.29. The van der Waals surface area contributed by atoms with Crippen LogP contribution in [0.3, 0.4) is 0 Å². The number of hydrogen-bond donors (Lipinski definition) is 1. The molecule has 6 heteroatoms. The molecule has 3 atom stereocenters. The molecule has 1 N–H and O–H groups in total. The fourth-order valence-corrected chi connectivity index (χ4v) is 4.53. The maximum atomic E-state index is 14.0. The molecule has 2 aromatic rings. The number of aromatic nitrogens is 2. The maximum Gasteiger partial charge on any atom is 0.222 e. The molecule has 5 nitrogen and oxygen atoms in total. The van der Waals surface area contributed by atoms with Gasteiger partial charge in [0.25, 0.3) is 0 Å². The Hall–Kier alpha value is -2.21. The number of aryl methyl sites for hydroxylation is 1. The lowest BCUT2D eigenvalue weighted by molar-refractivity contribution is -0.137. The van der Waals surface area contributed by atoms with E-state index in [1.165, 1.54) is 0 Å². The largest absolute Gasteiger partial charge is 0.338 e. The number of carbonyl (C=O) groups excluding carboxylic acids is 1. The summed E-state index contributed by atoms with van der Waals surface area (Å²) in [5.41, 5.74) is 3.01. The molecule has 1 saturated heterocycles. The molecule has 0 saturated carbocycles. The number of piperidine rings is 1. The summed E-state index contributed by atoms with van der Waals surface area (Å²) < 4.78 is 15.7. The number of hydrogen-bond acceptors (Lipinski definition) is 3. The molecule has 1 aliphatic heterocycles. The first kappa shape index (κ1) is 17.2. The smallest absolute Gasteiger partial charge is 0.222 e. The van der Waals surface area contributed by atoms with E-state index in [1.54, 1.807) is 16.8 Å².